The number of para-hydroxylation sites is 1. The first kappa shape index (κ1) is 12.9. The Balaban J connectivity index is 2.37. The van der Waals surface area contributed by atoms with Gasteiger partial charge in [-0.2, -0.15) is 0 Å². The summed E-state index contributed by atoms with van der Waals surface area (Å²) in [5, 5.41) is 0.956. The molecule has 0 atom stereocenters. The van der Waals surface area contributed by atoms with Crippen molar-refractivity contribution >= 4 is 23.3 Å². The van der Waals surface area contributed by atoms with Crippen LogP contribution >= 0.6 is 11.8 Å². The van der Waals surface area contributed by atoms with Gasteiger partial charge in [-0.1, -0.05) is 18.2 Å². The van der Waals surface area contributed by atoms with E-state index in [1.807, 2.05) is 48.5 Å². The van der Waals surface area contributed by atoms with E-state index in [4.69, 9.17) is 5.73 Å². The zero-order valence-electron chi connectivity index (χ0n) is 10.5. The molecule has 18 heavy (non-hydrogen) atoms. The number of nitrogens with zero attached hydrogens (tertiary/aromatic N) is 3. The van der Waals surface area contributed by atoms with E-state index in [0.717, 1.165) is 22.1 Å². The molecule has 0 radical (unpaired) electrons. The van der Waals surface area contributed by atoms with Crippen LogP contribution < -0.4 is 10.6 Å². The minimum absolute atomic E-state index is 0.515. The maximum Gasteiger partial charge on any atom is 0.137 e. The summed E-state index contributed by atoms with van der Waals surface area (Å²) in [4.78, 5) is 10.5. The lowest BCUT2D eigenvalue weighted by Crippen LogP contribution is -2.14. The standard InChI is InChI=1S/C13H16N4S/c1-17(11-6-4-3-5-10(11)8-14)12-7-13(18-2)16-9-15-12/h3-7,9H,8,14H2,1-2H3. The van der Waals surface area contributed by atoms with E-state index in [1.165, 1.54) is 0 Å². The average Bonchev–Trinajstić information content (AvgIpc) is 2.46. The van der Waals surface area contributed by atoms with Crippen molar-refractivity contribution in [2.75, 3.05) is 18.2 Å². The van der Waals surface area contributed by atoms with Gasteiger partial charge in [0.2, 0.25) is 0 Å². The van der Waals surface area contributed by atoms with E-state index in [-0.39, 0.29) is 0 Å². The first-order chi connectivity index (χ1) is 8.76. The van der Waals surface area contributed by atoms with Crippen molar-refractivity contribution in [2.24, 2.45) is 5.73 Å². The number of rotatable bonds is 4. The molecule has 5 heteroatoms. The Kier molecular flexibility index (Phi) is 4.17. The van der Waals surface area contributed by atoms with E-state index in [2.05, 4.69) is 9.97 Å². The molecule has 0 unspecified atom stereocenters. The highest BCUT2D eigenvalue weighted by Crippen LogP contribution is 2.26. The van der Waals surface area contributed by atoms with E-state index in [1.54, 1.807) is 18.1 Å². The summed E-state index contributed by atoms with van der Waals surface area (Å²) in [7, 11) is 1.99. The van der Waals surface area contributed by atoms with Crippen LogP contribution in [0.25, 0.3) is 0 Å². The molecule has 0 spiro atoms. The van der Waals surface area contributed by atoms with Crippen LogP contribution in [0.1, 0.15) is 5.56 Å². The molecule has 0 saturated heterocycles. The number of nitrogens with two attached hydrogens (primary N) is 1. The maximum absolute atomic E-state index is 5.76. The van der Waals surface area contributed by atoms with Crippen LogP contribution in [-0.2, 0) is 6.54 Å². The van der Waals surface area contributed by atoms with E-state index < -0.39 is 0 Å². The lowest BCUT2D eigenvalue weighted by atomic mass is 10.1. The van der Waals surface area contributed by atoms with Gasteiger partial charge < -0.3 is 10.6 Å². The van der Waals surface area contributed by atoms with Gasteiger partial charge in [-0.05, 0) is 17.9 Å². The van der Waals surface area contributed by atoms with Gasteiger partial charge in [-0.15, -0.1) is 11.8 Å². The predicted octanol–water partition coefficient (Wildman–Crippen LogP) is 2.43. The minimum atomic E-state index is 0.515. The molecule has 1 aromatic carbocycles. The lowest BCUT2D eigenvalue weighted by molar-refractivity contribution is 0.992. The minimum Gasteiger partial charge on any atom is -0.329 e. The molecule has 4 nitrogen and oxygen atoms in total. The quantitative estimate of drug-likeness (QED) is 0.676. The number of hydrogen-bond donors (Lipinski definition) is 1. The van der Waals surface area contributed by atoms with Crippen molar-refractivity contribution in [1.82, 2.24) is 9.97 Å². The van der Waals surface area contributed by atoms with Crippen molar-refractivity contribution in [1.29, 1.82) is 0 Å². The van der Waals surface area contributed by atoms with Crippen molar-refractivity contribution in [3.05, 3.63) is 42.2 Å². The SMILES string of the molecule is CSc1cc(N(C)c2ccccc2CN)ncn1. The smallest absolute Gasteiger partial charge is 0.137 e. The van der Waals surface area contributed by atoms with Crippen LogP contribution in [-0.4, -0.2) is 23.3 Å². The molecule has 94 valence electrons. The van der Waals surface area contributed by atoms with Gasteiger partial charge >= 0.3 is 0 Å². The Labute approximate surface area is 111 Å². The van der Waals surface area contributed by atoms with Gasteiger partial charge in [0.25, 0.3) is 0 Å². The molecule has 2 N–H and O–H groups in total. The van der Waals surface area contributed by atoms with E-state index >= 15 is 0 Å². The molecular weight excluding hydrogens is 244 g/mol. The number of thioether (sulfide) groups is 1. The lowest BCUT2D eigenvalue weighted by Gasteiger charge is -2.21. The van der Waals surface area contributed by atoms with Gasteiger partial charge in [-0.3, -0.25) is 0 Å². The fraction of sp³-hybridized carbons (Fsp3) is 0.231. The Hall–Kier alpha value is -1.59. The van der Waals surface area contributed by atoms with E-state index in [0.29, 0.717) is 6.54 Å². The van der Waals surface area contributed by atoms with Crippen molar-refractivity contribution in [2.45, 2.75) is 11.6 Å². The molecule has 0 aliphatic heterocycles. The molecule has 2 aromatic rings. The third kappa shape index (κ3) is 2.63. The summed E-state index contributed by atoms with van der Waals surface area (Å²) in [6, 6.07) is 10.0. The molecular formula is C13H16N4S. The Morgan fingerprint density at radius 2 is 2.06 bits per heavy atom. The number of hydrogen-bond acceptors (Lipinski definition) is 5. The van der Waals surface area contributed by atoms with Crippen molar-refractivity contribution < 1.29 is 0 Å². The monoisotopic (exact) mass is 260 g/mol. The number of anilines is 2. The Bertz CT molecular complexity index is 530. The van der Waals surface area contributed by atoms with Gasteiger partial charge in [0.05, 0.1) is 0 Å². The first-order valence-corrected chi connectivity index (χ1v) is 6.86. The normalized spacial score (nSPS) is 10.4. The highest BCUT2D eigenvalue weighted by atomic mass is 32.2. The molecule has 2 rings (SSSR count). The molecule has 0 bridgehead atoms. The summed E-state index contributed by atoms with van der Waals surface area (Å²) in [5.74, 6) is 0.871. The second-order valence-electron chi connectivity index (χ2n) is 3.81. The summed E-state index contributed by atoms with van der Waals surface area (Å²) in [6.07, 6.45) is 3.59. The maximum atomic E-state index is 5.76. The number of benzene rings is 1. The number of aromatic nitrogens is 2. The molecule has 0 fully saturated rings. The molecule has 0 saturated carbocycles. The van der Waals surface area contributed by atoms with Crippen LogP contribution in [0.15, 0.2) is 41.7 Å². The van der Waals surface area contributed by atoms with Gasteiger partial charge in [-0.25, -0.2) is 9.97 Å². The summed E-state index contributed by atoms with van der Waals surface area (Å²) in [5.41, 5.74) is 7.94. The summed E-state index contributed by atoms with van der Waals surface area (Å²) < 4.78 is 0. The van der Waals surface area contributed by atoms with Crippen LogP contribution in [0.4, 0.5) is 11.5 Å². The van der Waals surface area contributed by atoms with Crippen LogP contribution in [0.3, 0.4) is 0 Å². The molecule has 0 aliphatic rings. The molecule has 1 aromatic heterocycles. The second kappa shape index (κ2) is 5.84. The third-order valence-electron chi connectivity index (χ3n) is 2.75. The van der Waals surface area contributed by atoms with Crippen molar-refractivity contribution in [3.8, 4) is 0 Å². The Morgan fingerprint density at radius 3 is 2.78 bits per heavy atom. The topological polar surface area (TPSA) is 55.0 Å². The average molecular weight is 260 g/mol. The van der Waals surface area contributed by atoms with Gasteiger partial charge in [0.1, 0.15) is 17.2 Å². The molecule has 0 aliphatic carbocycles. The van der Waals surface area contributed by atoms with Crippen LogP contribution in [0.5, 0.6) is 0 Å². The van der Waals surface area contributed by atoms with Gasteiger partial charge in [0.15, 0.2) is 0 Å². The van der Waals surface area contributed by atoms with Crippen molar-refractivity contribution in [3.63, 3.8) is 0 Å². The van der Waals surface area contributed by atoms with Crippen LogP contribution in [0, 0.1) is 0 Å². The fourth-order valence-electron chi connectivity index (χ4n) is 1.76. The zero-order valence-corrected chi connectivity index (χ0v) is 11.3. The highest BCUT2D eigenvalue weighted by molar-refractivity contribution is 7.98. The first-order valence-electron chi connectivity index (χ1n) is 5.64. The van der Waals surface area contributed by atoms with E-state index in [9.17, 15) is 0 Å². The predicted molar refractivity (Wildman–Crippen MR) is 76.2 cm³/mol. The molecule has 1 heterocycles. The summed E-state index contributed by atoms with van der Waals surface area (Å²) in [6.45, 7) is 0.515. The Morgan fingerprint density at radius 1 is 1.28 bits per heavy atom. The second-order valence-corrected chi connectivity index (χ2v) is 4.64. The fourth-order valence-corrected chi connectivity index (χ4v) is 2.13. The third-order valence-corrected chi connectivity index (χ3v) is 3.39. The zero-order chi connectivity index (χ0) is 13.0. The highest BCUT2D eigenvalue weighted by Gasteiger charge is 2.09. The van der Waals surface area contributed by atoms with Crippen LogP contribution in [0.2, 0.25) is 0 Å². The van der Waals surface area contributed by atoms with Gasteiger partial charge in [0, 0.05) is 25.3 Å². The largest absolute Gasteiger partial charge is 0.329 e. The summed E-state index contributed by atoms with van der Waals surface area (Å²) >= 11 is 1.60. The molecule has 0 amide bonds.